The first kappa shape index (κ1) is 15.7. The van der Waals surface area contributed by atoms with E-state index in [0.29, 0.717) is 18.8 Å². The standard InChI is InChI=1S/C13H19N3O4/c1-4-9(3)20-13(19)10(12(17)18)8-14-11-6-7-15-16(11)5-2/h6-9,14H,4-5H2,1-3H3,(H,17,18). The maximum atomic E-state index is 11.7. The Bertz CT molecular complexity index is 507. The fourth-order valence-electron chi connectivity index (χ4n) is 1.39. The molecule has 7 nitrogen and oxygen atoms in total. The van der Waals surface area contributed by atoms with Crippen LogP contribution in [-0.4, -0.2) is 32.9 Å². The molecule has 0 fully saturated rings. The fraction of sp³-hybridized carbons (Fsp3) is 0.462. The van der Waals surface area contributed by atoms with E-state index in [9.17, 15) is 9.59 Å². The third-order valence-electron chi connectivity index (χ3n) is 2.71. The van der Waals surface area contributed by atoms with Gasteiger partial charge in [-0.15, -0.1) is 0 Å². The second-order valence-electron chi connectivity index (χ2n) is 4.16. The molecule has 0 saturated heterocycles. The van der Waals surface area contributed by atoms with E-state index in [1.54, 1.807) is 23.9 Å². The number of nitrogens with one attached hydrogen (secondary N) is 1. The fourth-order valence-corrected chi connectivity index (χ4v) is 1.39. The van der Waals surface area contributed by atoms with E-state index >= 15 is 0 Å². The molecule has 1 aromatic rings. The van der Waals surface area contributed by atoms with Crippen molar-refractivity contribution in [1.82, 2.24) is 9.78 Å². The van der Waals surface area contributed by atoms with Crippen molar-refractivity contribution in [3.63, 3.8) is 0 Å². The van der Waals surface area contributed by atoms with Crippen LogP contribution >= 0.6 is 0 Å². The van der Waals surface area contributed by atoms with Gasteiger partial charge in [-0.2, -0.15) is 5.10 Å². The number of carbonyl (C=O) groups is 2. The van der Waals surface area contributed by atoms with Gasteiger partial charge in [0.2, 0.25) is 0 Å². The van der Waals surface area contributed by atoms with Gasteiger partial charge >= 0.3 is 11.9 Å². The Morgan fingerprint density at radius 1 is 1.55 bits per heavy atom. The van der Waals surface area contributed by atoms with Crippen LogP contribution in [0.5, 0.6) is 0 Å². The van der Waals surface area contributed by atoms with Crippen molar-refractivity contribution in [2.75, 3.05) is 5.32 Å². The van der Waals surface area contributed by atoms with E-state index in [-0.39, 0.29) is 6.10 Å². The summed E-state index contributed by atoms with van der Waals surface area (Å²) < 4.78 is 6.63. The van der Waals surface area contributed by atoms with Crippen LogP contribution in [0.1, 0.15) is 27.2 Å². The molecule has 7 heteroatoms. The monoisotopic (exact) mass is 281 g/mol. The van der Waals surface area contributed by atoms with E-state index in [0.717, 1.165) is 6.20 Å². The van der Waals surface area contributed by atoms with Gasteiger partial charge in [-0.1, -0.05) is 6.92 Å². The van der Waals surface area contributed by atoms with E-state index < -0.39 is 17.5 Å². The van der Waals surface area contributed by atoms with Crippen LogP contribution in [0.3, 0.4) is 0 Å². The van der Waals surface area contributed by atoms with Crippen LogP contribution in [0.25, 0.3) is 0 Å². The number of carboxylic acid groups (broad SMARTS) is 1. The number of nitrogens with zero attached hydrogens (tertiary/aromatic N) is 2. The summed E-state index contributed by atoms with van der Waals surface area (Å²) in [6.07, 6.45) is 2.99. The Balaban J connectivity index is 2.83. The number of carbonyl (C=O) groups excluding carboxylic acids is 1. The van der Waals surface area contributed by atoms with Crippen molar-refractivity contribution in [1.29, 1.82) is 0 Å². The highest BCUT2D eigenvalue weighted by Crippen LogP contribution is 2.09. The van der Waals surface area contributed by atoms with Crippen LogP contribution in [0.15, 0.2) is 24.0 Å². The normalized spacial score (nSPS) is 12.8. The van der Waals surface area contributed by atoms with Crippen molar-refractivity contribution in [2.45, 2.75) is 39.8 Å². The summed E-state index contributed by atoms with van der Waals surface area (Å²) in [5.41, 5.74) is -0.450. The number of esters is 1. The summed E-state index contributed by atoms with van der Waals surface area (Å²) in [7, 11) is 0. The Hall–Kier alpha value is -2.31. The zero-order valence-electron chi connectivity index (χ0n) is 11.8. The van der Waals surface area contributed by atoms with Gasteiger partial charge in [0.05, 0.1) is 12.3 Å². The van der Waals surface area contributed by atoms with Crippen LogP contribution in [0, 0.1) is 0 Å². The SMILES string of the molecule is CCC(C)OC(=O)C(=CNc1ccnn1CC)C(=O)O. The highest BCUT2D eigenvalue weighted by molar-refractivity contribution is 6.13. The Morgan fingerprint density at radius 2 is 2.25 bits per heavy atom. The second-order valence-corrected chi connectivity index (χ2v) is 4.16. The smallest absolute Gasteiger partial charge is 0.347 e. The zero-order valence-corrected chi connectivity index (χ0v) is 11.8. The number of carboxylic acids is 1. The minimum atomic E-state index is -1.34. The van der Waals surface area contributed by atoms with E-state index in [1.807, 2.05) is 13.8 Å². The maximum Gasteiger partial charge on any atom is 0.347 e. The first-order valence-electron chi connectivity index (χ1n) is 6.42. The van der Waals surface area contributed by atoms with Gasteiger partial charge in [-0.05, 0) is 20.3 Å². The average Bonchev–Trinajstić information content (AvgIpc) is 2.85. The molecule has 2 N–H and O–H groups in total. The summed E-state index contributed by atoms with van der Waals surface area (Å²) in [5, 5.41) is 15.8. The van der Waals surface area contributed by atoms with Crippen molar-refractivity contribution in [3.05, 3.63) is 24.0 Å². The van der Waals surface area contributed by atoms with Crippen LogP contribution in [-0.2, 0) is 20.9 Å². The molecule has 0 amide bonds. The Morgan fingerprint density at radius 3 is 2.80 bits per heavy atom. The molecule has 0 spiro atoms. The molecule has 1 heterocycles. The van der Waals surface area contributed by atoms with Crippen molar-refractivity contribution < 1.29 is 19.4 Å². The first-order chi connectivity index (χ1) is 9.49. The highest BCUT2D eigenvalue weighted by atomic mass is 16.5. The number of rotatable bonds is 7. The molecule has 0 aliphatic carbocycles. The number of anilines is 1. The number of aromatic nitrogens is 2. The number of aryl methyl sites for hydroxylation is 1. The molecule has 0 aliphatic heterocycles. The molecule has 1 unspecified atom stereocenters. The van der Waals surface area contributed by atoms with Gasteiger partial charge in [-0.25, -0.2) is 14.3 Å². The molecule has 1 rings (SSSR count). The predicted octanol–water partition coefficient (Wildman–Crippen LogP) is 1.63. The number of aliphatic carboxylic acids is 1. The van der Waals surface area contributed by atoms with E-state index in [1.165, 1.54) is 0 Å². The summed E-state index contributed by atoms with van der Waals surface area (Å²) in [6.45, 7) is 6.08. The molecule has 20 heavy (non-hydrogen) atoms. The molecule has 0 aliphatic rings. The second kappa shape index (κ2) is 7.32. The molecule has 0 aromatic carbocycles. The lowest BCUT2D eigenvalue weighted by molar-refractivity contribution is -0.147. The van der Waals surface area contributed by atoms with Gasteiger partial charge in [0.1, 0.15) is 5.82 Å². The topological polar surface area (TPSA) is 93.5 Å². The summed E-state index contributed by atoms with van der Waals surface area (Å²) >= 11 is 0. The van der Waals surface area contributed by atoms with Crippen LogP contribution in [0.4, 0.5) is 5.82 Å². The van der Waals surface area contributed by atoms with Gasteiger partial charge in [0.25, 0.3) is 0 Å². The molecule has 0 bridgehead atoms. The van der Waals surface area contributed by atoms with E-state index in [4.69, 9.17) is 9.84 Å². The zero-order chi connectivity index (χ0) is 15.1. The molecular weight excluding hydrogens is 262 g/mol. The third-order valence-corrected chi connectivity index (χ3v) is 2.71. The predicted molar refractivity (Wildman–Crippen MR) is 73.1 cm³/mol. The largest absolute Gasteiger partial charge is 0.477 e. The number of hydrogen-bond acceptors (Lipinski definition) is 5. The molecule has 1 aromatic heterocycles. The van der Waals surface area contributed by atoms with Crippen LogP contribution < -0.4 is 5.32 Å². The molecule has 1 atom stereocenters. The summed E-state index contributed by atoms with van der Waals surface area (Å²) in [6, 6.07) is 1.68. The van der Waals surface area contributed by atoms with Gasteiger partial charge in [0, 0.05) is 18.8 Å². The van der Waals surface area contributed by atoms with Crippen molar-refractivity contribution in [2.24, 2.45) is 0 Å². The van der Waals surface area contributed by atoms with Gasteiger partial charge in [-0.3, -0.25) is 0 Å². The quantitative estimate of drug-likeness (QED) is 0.341. The lowest BCUT2D eigenvalue weighted by Gasteiger charge is -2.11. The number of hydrogen-bond donors (Lipinski definition) is 2. The van der Waals surface area contributed by atoms with Crippen molar-refractivity contribution in [3.8, 4) is 0 Å². The minimum Gasteiger partial charge on any atom is -0.477 e. The molecular formula is C13H19N3O4. The minimum absolute atomic E-state index is 0.327. The maximum absolute atomic E-state index is 11.7. The summed E-state index contributed by atoms with van der Waals surface area (Å²) in [4.78, 5) is 22.8. The third kappa shape index (κ3) is 4.11. The molecule has 110 valence electrons. The van der Waals surface area contributed by atoms with Gasteiger partial charge in [0.15, 0.2) is 5.57 Å². The molecule has 0 radical (unpaired) electrons. The van der Waals surface area contributed by atoms with E-state index in [2.05, 4.69) is 10.4 Å². The van der Waals surface area contributed by atoms with Gasteiger partial charge < -0.3 is 15.2 Å². The van der Waals surface area contributed by atoms with Crippen LogP contribution in [0.2, 0.25) is 0 Å². The highest BCUT2D eigenvalue weighted by Gasteiger charge is 2.21. The lowest BCUT2D eigenvalue weighted by atomic mass is 10.2. The Kier molecular flexibility index (Phi) is 5.76. The Labute approximate surface area is 117 Å². The van der Waals surface area contributed by atoms with Crippen molar-refractivity contribution >= 4 is 17.8 Å². The first-order valence-corrected chi connectivity index (χ1v) is 6.42. The average molecular weight is 281 g/mol. The molecule has 0 saturated carbocycles. The summed E-state index contributed by atoms with van der Waals surface area (Å²) in [5.74, 6) is -1.60. The lowest BCUT2D eigenvalue weighted by Crippen LogP contribution is -2.21. The number of ether oxygens (including phenoxy) is 1.